The molecule has 0 saturated heterocycles. The van der Waals surface area contributed by atoms with Crippen molar-refractivity contribution in [2.24, 2.45) is 0 Å². The smallest absolute Gasteiger partial charge is 0.0455 e. The van der Waals surface area contributed by atoms with E-state index >= 15 is 0 Å². The number of anilines is 2. The fourth-order valence-corrected chi connectivity index (χ4v) is 4.58. The van der Waals surface area contributed by atoms with Crippen molar-refractivity contribution >= 4 is 11.4 Å². The van der Waals surface area contributed by atoms with E-state index in [0.717, 1.165) is 18.5 Å². The largest absolute Gasteiger partial charge is 0.399 e. The highest BCUT2D eigenvalue weighted by Crippen LogP contribution is 2.33. The summed E-state index contributed by atoms with van der Waals surface area (Å²) in [5, 5.41) is 0. The van der Waals surface area contributed by atoms with E-state index in [2.05, 4.69) is 78.9 Å². The Balaban J connectivity index is 1.51. The summed E-state index contributed by atoms with van der Waals surface area (Å²) < 4.78 is 2.37. The van der Waals surface area contributed by atoms with Gasteiger partial charge in [0, 0.05) is 41.5 Å². The van der Waals surface area contributed by atoms with Crippen LogP contribution < -0.4 is 10.6 Å². The van der Waals surface area contributed by atoms with Gasteiger partial charge in [-0.1, -0.05) is 18.2 Å². The quantitative estimate of drug-likeness (QED) is 0.661. The Hall–Kier alpha value is -2.68. The molecule has 1 aromatic heterocycles. The van der Waals surface area contributed by atoms with Gasteiger partial charge in [0.2, 0.25) is 0 Å². The van der Waals surface area contributed by atoms with Gasteiger partial charge in [-0.15, -0.1) is 0 Å². The molecule has 1 aliphatic heterocycles. The summed E-state index contributed by atoms with van der Waals surface area (Å²) in [5.41, 5.74) is 14.9. The minimum atomic E-state index is 0.584. The molecule has 2 aromatic carbocycles. The summed E-state index contributed by atoms with van der Waals surface area (Å²) in [6.45, 7) is 4.45. The van der Waals surface area contributed by atoms with Crippen LogP contribution in [0.15, 0.2) is 54.6 Å². The Bertz CT molecular complexity index is 940. The van der Waals surface area contributed by atoms with Crippen LogP contribution in [0.4, 0.5) is 11.4 Å². The first kappa shape index (κ1) is 17.7. The molecule has 0 saturated carbocycles. The third kappa shape index (κ3) is 3.34. The average molecular weight is 360 g/mol. The summed E-state index contributed by atoms with van der Waals surface area (Å²) >= 11 is 0. The van der Waals surface area contributed by atoms with E-state index in [1.807, 2.05) is 6.07 Å². The minimum Gasteiger partial charge on any atom is -0.399 e. The predicted molar refractivity (Wildman–Crippen MR) is 115 cm³/mol. The van der Waals surface area contributed by atoms with Crippen molar-refractivity contribution < 1.29 is 0 Å². The monoisotopic (exact) mass is 359 g/mol. The predicted octanol–water partition coefficient (Wildman–Crippen LogP) is 5.06. The summed E-state index contributed by atoms with van der Waals surface area (Å²) in [6, 6.07) is 19.9. The Labute approximate surface area is 162 Å². The third-order valence-electron chi connectivity index (χ3n) is 6.08. The number of nitrogens with zero attached hydrogens (tertiary/aromatic N) is 2. The van der Waals surface area contributed by atoms with Crippen molar-refractivity contribution in [3.05, 3.63) is 77.1 Å². The van der Waals surface area contributed by atoms with Crippen LogP contribution in [0, 0.1) is 13.8 Å². The topological polar surface area (TPSA) is 34.2 Å². The first-order chi connectivity index (χ1) is 13.0. The maximum atomic E-state index is 5.96. The van der Waals surface area contributed by atoms with Gasteiger partial charge < -0.3 is 15.2 Å². The number of aryl methyl sites for hydroxylation is 3. The molecule has 140 valence electrons. The second-order valence-electron chi connectivity index (χ2n) is 7.80. The second-order valence-corrected chi connectivity index (χ2v) is 7.80. The zero-order chi connectivity index (χ0) is 19.0. The van der Waals surface area contributed by atoms with Gasteiger partial charge >= 0.3 is 0 Å². The lowest BCUT2D eigenvalue weighted by molar-refractivity contribution is 0.521. The maximum absolute atomic E-state index is 5.96. The van der Waals surface area contributed by atoms with Crippen LogP contribution in [0.2, 0.25) is 0 Å². The molecule has 0 spiro atoms. The molecule has 0 bridgehead atoms. The number of benzene rings is 2. The molecule has 0 aliphatic carbocycles. The molecule has 3 heteroatoms. The highest BCUT2D eigenvalue weighted by Gasteiger charge is 2.23. The van der Waals surface area contributed by atoms with Gasteiger partial charge in [0.1, 0.15) is 0 Å². The van der Waals surface area contributed by atoms with Crippen LogP contribution >= 0.6 is 0 Å². The molecule has 1 atom stereocenters. The molecule has 2 N–H and O–H groups in total. The van der Waals surface area contributed by atoms with Crippen LogP contribution in [-0.2, 0) is 12.8 Å². The molecule has 0 amide bonds. The van der Waals surface area contributed by atoms with Gasteiger partial charge in [-0.2, -0.15) is 0 Å². The van der Waals surface area contributed by atoms with Crippen LogP contribution in [-0.4, -0.2) is 17.7 Å². The molecular formula is C24H29N3. The fraction of sp³-hybridized carbons (Fsp3) is 0.333. The number of aromatic nitrogens is 1. The van der Waals surface area contributed by atoms with Gasteiger partial charge in [-0.25, -0.2) is 0 Å². The number of fused-ring (bicyclic) bond motifs is 1. The zero-order valence-corrected chi connectivity index (χ0v) is 16.6. The lowest BCUT2D eigenvalue weighted by atomic mass is 9.92. The number of para-hydroxylation sites is 1. The average Bonchev–Trinajstić information content (AvgIpc) is 2.95. The first-order valence-electron chi connectivity index (χ1n) is 9.89. The van der Waals surface area contributed by atoms with E-state index in [0.29, 0.717) is 6.04 Å². The molecule has 1 aliphatic rings. The number of hydrogen-bond donors (Lipinski definition) is 1. The van der Waals surface area contributed by atoms with E-state index in [1.165, 1.54) is 46.7 Å². The lowest BCUT2D eigenvalue weighted by Crippen LogP contribution is -2.36. The van der Waals surface area contributed by atoms with Crippen molar-refractivity contribution in [2.45, 2.75) is 45.6 Å². The number of rotatable bonds is 4. The number of nitrogen functional groups attached to an aromatic ring is 1. The van der Waals surface area contributed by atoms with Gasteiger partial charge in [0.25, 0.3) is 0 Å². The van der Waals surface area contributed by atoms with E-state index in [9.17, 15) is 0 Å². The Morgan fingerprint density at radius 3 is 2.59 bits per heavy atom. The molecule has 0 radical (unpaired) electrons. The summed E-state index contributed by atoms with van der Waals surface area (Å²) in [4.78, 5) is 2.45. The Kier molecular flexibility index (Phi) is 4.69. The standard InChI is InChI=1S/C24H29N3/c1-17-15-19(18(2)27(17)23-7-5-4-6-8-23)9-12-22-13-10-20-16-21(25)11-14-24(20)26(22)3/h4-8,11,14-16,22H,9-10,12-13,25H2,1-3H3. The molecule has 0 fully saturated rings. The normalized spacial score (nSPS) is 16.4. The van der Waals surface area contributed by atoms with Crippen molar-refractivity contribution in [1.82, 2.24) is 4.57 Å². The van der Waals surface area contributed by atoms with Crippen molar-refractivity contribution in [3.8, 4) is 5.69 Å². The minimum absolute atomic E-state index is 0.584. The van der Waals surface area contributed by atoms with Crippen LogP contribution in [0.3, 0.4) is 0 Å². The zero-order valence-electron chi connectivity index (χ0n) is 16.6. The SMILES string of the molecule is Cc1cc(CCC2CCc3cc(N)ccc3N2C)c(C)n1-c1ccccc1. The molecule has 27 heavy (non-hydrogen) atoms. The van der Waals surface area contributed by atoms with E-state index < -0.39 is 0 Å². The van der Waals surface area contributed by atoms with Crippen molar-refractivity contribution in [2.75, 3.05) is 17.7 Å². The van der Waals surface area contributed by atoms with Gasteiger partial charge in [-0.3, -0.25) is 0 Å². The summed E-state index contributed by atoms with van der Waals surface area (Å²) in [7, 11) is 2.23. The molecule has 1 unspecified atom stereocenters. The van der Waals surface area contributed by atoms with E-state index in [1.54, 1.807) is 0 Å². The summed E-state index contributed by atoms with van der Waals surface area (Å²) in [6.07, 6.45) is 4.62. The van der Waals surface area contributed by atoms with Gasteiger partial charge in [0.15, 0.2) is 0 Å². The van der Waals surface area contributed by atoms with Gasteiger partial charge in [0.05, 0.1) is 0 Å². The molecule has 3 aromatic rings. The van der Waals surface area contributed by atoms with Gasteiger partial charge in [-0.05, 0) is 87.1 Å². The van der Waals surface area contributed by atoms with E-state index in [4.69, 9.17) is 5.73 Å². The highest BCUT2D eigenvalue weighted by molar-refractivity contribution is 5.61. The molecule has 4 rings (SSSR count). The van der Waals surface area contributed by atoms with E-state index in [-0.39, 0.29) is 0 Å². The van der Waals surface area contributed by atoms with Crippen molar-refractivity contribution in [1.29, 1.82) is 0 Å². The van der Waals surface area contributed by atoms with Crippen LogP contribution in [0.1, 0.15) is 35.4 Å². The number of nitrogens with two attached hydrogens (primary N) is 1. The first-order valence-corrected chi connectivity index (χ1v) is 9.89. The van der Waals surface area contributed by atoms with Crippen LogP contribution in [0.25, 0.3) is 5.69 Å². The lowest BCUT2D eigenvalue weighted by Gasteiger charge is -2.36. The summed E-state index contributed by atoms with van der Waals surface area (Å²) in [5.74, 6) is 0. The molecule has 2 heterocycles. The molecular weight excluding hydrogens is 330 g/mol. The second kappa shape index (κ2) is 7.15. The number of hydrogen-bond acceptors (Lipinski definition) is 2. The maximum Gasteiger partial charge on any atom is 0.0455 e. The fourth-order valence-electron chi connectivity index (χ4n) is 4.58. The Morgan fingerprint density at radius 2 is 1.81 bits per heavy atom. The highest BCUT2D eigenvalue weighted by atomic mass is 15.1. The Morgan fingerprint density at radius 1 is 1.04 bits per heavy atom. The molecule has 3 nitrogen and oxygen atoms in total. The van der Waals surface area contributed by atoms with Crippen LogP contribution in [0.5, 0.6) is 0 Å². The third-order valence-corrected chi connectivity index (χ3v) is 6.08. The van der Waals surface area contributed by atoms with Crippen molar-refractivity contribution in [3.63, 3.8) is 0 Å².